The van der Waals surface area contributed by atoms with Crippen LogP contribution in [0.2, 0.25) is 0 Å². The van der Waals surface area contributed by atoms with Crippen molar-refractivity contribution in [2.75, 3.05) is 12.4 Å². The fraction of sp³-hybridized carbons (Fsp3) is 0.0714. The number of hydrogen-bond acceptors (Lipinski definition) is 2. The number of methoxy groups -OCH3 is 1. The molecule has 0 radical (unpaired) electrons. The Morgan fingerprint density at radius 3 is 2.40 bits per heavy atom. The molecule has 1 amide bonds. The first-order valence-electron chi connectivity index (χ1n) is 5.61. The number of rotatable bonds is 3. The van der Waals surface area contributed by atoms with E-state index in [9.17, 15) is 4.79 Å². The maximum Gasteiger partial charge on any atom is 0.259 e. The Labute approximate surface area is 142 Å². The largest absolute Gasteiger partial charge is 0.496 e. The highest BCUT2D eigenvalue weighted by molar-refractivity contribution is 9.11. The van der Waals surface area contributed by atoms with Gasteiger partial charge < -0.3 is 10.1 Å². The summed E-state index contributed by atoms with van der Waals surface area (Å²) in [7, 11) is 1.54. The molecule has 0 bridgehead atoms. The normalized spacial score (nSPS) is 10.2. The molecule has 2 rings (SSSR count). The van der Waals surface area contributed by atoms with E-state index in [0.717, 1.165) is 13.4 Å². The maximum atomic E-state index is 12.3. The lowest BCUT2D eigenvalue weighted by atomic mass is 10.2. The van der Waals surface area contributed by atoms with Gasteiger partial charge in [0.1, 0.15) is 5.75 Å². The van der Waals surface area contributed by atoms with Crippen LogP contribution in [0.1, 0.15) is 10.4 Å². The van der Waals surface area contributed by atoms with Crippen molar-refractivity contribution in [1.82, 2.24) is 0 Å². The van der Waals surface area contributed by atoms with E-state index in [2.05, 4.69) is 53.1 Å². The summed E-state index contributed by atoms with van der Waals surface area (Å²) in [6.45, 7) is 0. The highest BCUT2D eigenvalue weighted by atomic mass is 79.9. The highest BCUT2D eigenvalue weighted by Gasteiger charge is 2.14. The second kappa shape index (κ2) is 6.74. The van der Waals surface area contributed by atoms with Gasteiger partial charge in [-0.2, -0.15) is 0 Å². The molecule has 0 atom stereocenters. The van der Waals surface area contributed by atoms with Gasteiger partial charge in [-0.05, 0) is 52.3 Å². The third-order valence-corrected chi connectivity index (χ3v) is 4.26. The number of nitrogens with one attached hydrogen (secondary N) is 1. The van der Waals surface area contributed by atoms with Crippen LogP contribution >= 0.6 is 47.8 Å². The van der Waals surface area contributed by atoms with Gasteiger partial charge in [0.15, 0.2) is 0 Å². The number of halogens is 3. The molecule has 0 aliphatic heterocycles. The Balaban J connectivity index is 2.30. The number of amides is 1. The van der Waals surface area contributed by atoms with Crippen LogP contribution in [0.5, 0.6) is 5.75 Å². The van der Waals surface area contributed by atoms with E-state index in [1.165, 1.54) is 7.11 Å². The average Bonchev–Trinajstić information content (AvgIpc) is 2.42. The Hall–Kier alpha value is -0.850. The molecule has 0 spiro atoms. The van der Waals surface area contributed by atoms with Crippen molar-refractivity contribution in [3.8, 4) is 5.75 Å². The van der Waals surface area contributed by atoms with Gasteiger partial charge in [0, 0.05) is 13.4 Å². The second-order valence-corrected chi connectivity index (χ2v) is 6.61. The third kappa shape index (κ3) is 3.62. The Bertz CT molecular complexity index is 659. The maximum absolute atomic E-state index is 12.3. The van der Waals surface area contributed by atoms with Gasteiger partial charge in [-0.1, -0.05) is 31.9 Å². The summed E-state index contributed by atoms with van der Waals surface area (Å²) in [6, 6.07) is 10.8. The van der Waals surface area contributed by atoms with Gasteiger partial charge in [0.2, 0.25) is 0 Å². The standard InChI is InChI=1S/C14H10Br3NO2/c1-20-13-7-9(16)2-4-10(13)14(19)18-12-6-8(15)3-5-11(12)17/h2-7H,1H3,(H,18,19). The lowest BCUT2D eigenvalue weighted by Crippen LogP contribution is -2.13. The van der Waals surface area contributed by atoms with Gasteiger partial charge in [0.25, 0.3) is 5.91 Å². The summed E-state index contributed by atoms with van der Waals surface area (Å²) in [5.41, 5.74) is 1.16. The molecule has 3 nitrogen and oxygen atoms in total. The quantitative estimate of drug-likeness (QED) is 0.676. The molecule has 0 aliphatic rings. The molecule has 0 aromatic heterocycles. The van der Waals surface area contributed by atoms with E-state index < -0.39 is 0 Å². The van der Waals surface area contributed by atoms with Crippen molar-refractivity contribution >= 4 is 59.4 Å². The molecule has 0 heterocycles. The van der Waals surface area contributed by atoms with E-state index >= 15 is 0 Å². The van der Waals surface area contributed by atoms with Crippen LogP contribution in [0, 0.1) is 0 Å². The van der Waals surface area contributed by atoms with Gasteiger partial charge >= 0.3 is 0 Å². The summed E-state index contributed by atoms with van der Waals surface area (Å²) in [4.78, 5) is 12.3. The van der Waals surface area contributed by atoms with Gasteiger partial charge in [-0.25, -0.2) is 0 Å². The Morgan fingerprint density at radius 2 is 1.70 bits per heavy atom. The summed E-state index contributed by atoms with van der Waals surface area (Å²) in [5, 5.41) is 2.85. The molecule has 0 saturated carbocycles. The average molecular weight is 464 g/mol. The second-order valence-electron chi connectivity index (χ2n) is 3.92. The lowest BCUT2D eigenvalue weighted by molar-refractivity contribution is 0.102. The first-order chi connectivity index (χ1) is 9.51. The number of ether oxygens (including phenoxy) is 1. The molecule has 1 N–H and O–H groups in total. The smallest absolute Gasteiger partial charge is 0.259 e. The topological polar surface area (TPSA) is 38.3 Å². The monoisotopic (exact) mass is 461 g/mol. The fourth-order valence-corrected chi connectivity index (χ4v) is 2.68. The zero-order chi connectivity index (χ0) is 14.7. The predicted octanol–water partition coefficient (Wildman–Crippen LogP) is 5.24. The number of carbonyl (C=O) groups excluding carboxylic acids is 1. The van der Waals surface area contributed by atoms with Crippen LogP contribution in [0.4, 0.5) is 5.69 Å². The Kier molecular flexibility index (Phi) is 5.23. The van der Waals surface area contributed by atoms with Gasteiger partial charge in [-0.15, -0.1) is 0 Å². The number of hydrogen-bond donors (Lipinski definition) is 1. The van der Waals surface area contributed by atoms with Crippen LogP contribution < -0.4 is 10.1 Å². The first kappa shape index (κ1) is 15.5. The molecule has 6 heteroatoms. The van der Waals surface area contributed by atoms with E-state index in [1.54, 1.807) is 18.2 Å². The molecular formula is C14H10Br3NO2. The lowest BCUT2D eigenvalue weighted by Gasteiger charge is -2.11. The van der Waals surface area contributed by atoms with E-state index in [1.807, 2.05) is 18.2 Å². The minimum absolute atomic E-state index is 0.229. The van der Waals surface area contributed by atoms with E-state index in [4.69, 9.17) is 4.74 Å². The molecule has 0 fully saturated rings. The molecule has 0 saturated heterocycles. The predicted molar refractivity (Wildman–Crippen MR) is 90.5 cm³/mol. The van der Waals surface area contributed by atoms with Crippen molar-refractivity contribution in [3.63, 3.8) is 0 Å². The van der Waals surface area contributed by atoms with Crippen molar-refractivity contribution in [2.24, 2.45) is 0 Å². The van der Waals surface area contributed by atoms with Gasteiger partial charge in [0.05, 0.1) is 18.4 Å². The van der Waals surface area contributed by atoms with E-state index in [-0.39, 0.29) is 5.91 Å². The number of benzene rings is 2. The number of carbonyl (C=O) groups is 1. The van der Waals surface area contributed by atoms with E-state index in [0.29, 0.717) is 17.0 Å². The van der Waals surface area contributed by atoms with Crippen molar-refractivity contribution < 1.29 is 9.53 Å². The van der Waals surface area contributed by atoms with Crippen LogP contribution in [0.3, 0.4) is 0 Å². The van der Waals surface area contributed by atoms with Crippen LogP contribution in [0.15, 0.2) is 49.8 Å². The van der Waals surface area contributed by atoms with Crippen molar-refractivity contribution in [3.05, 3.63) is 55.4 Å². The van der Waals surface area contributed by atoms with Crippen molar-refractivity contribution in [2.45, 2.75) is 0 Å². The minimum atomic E-state index is -0.229. The van der Waals surface area contributed by atoms with Crippen LogP contribution in [-0.2, 0) is 0 Å². The zero-order valence-electron chi connectivity index (χ0n) is 10.4. The van der Waals surface area contributed by atoms with Crippen LogP contribution in [-0.4, -0.2) is 13.0 Å². The molecule has 0 aliphatic carbocycles. The SMILES string of the molecule is COc1cc(Br)ccc1C(=O)Nc1cc(Br)ccc1Br. The molecule has 104 valence electrons. The summed E-state index contributed by atoms with van der Waals surface area (Å²) in [5.74, 6) is 0.288. The molecule has 2 aromatic rings. The van der Waals surface area contributed by atoms with Crippen molar-refractivity contribution in [1.29, 1.82) is 0 Å². The first-order valence-corrected chi connectivity index (χ1v) is 7.99. The molecule has 2 aromatic carbocycles. The highest BCUT2D eigenvalue weighted by Crippen LogP contribution is 2.28. The fourth-order valence-electron chi connectivity index (χ4n) is 1.64. The molecule has 0 unspecified atom stereocenters. The zero-order valence-corrected chi connectivity index (χ0v) is 15.2. The summed E-state index contributed by atoms with van der Waals surface area (Å²) < 4.78 is 7.78. The van der Waals surface area contributed by atoms with Gasteiger partial charge in [-0.3, -0.25) is 4.79 Å². The molecular weight excluding hydrogens is 454 g/mol. The number of anilines is 1. The third-order valence-electron chi connectivity index (χ3n) is 2.58. The summed E-state index contributed by atoms with van der Waals surface area (Å²) >= 11 is 10.1. The molecule has 20 heavy (non-hydrogen) atoms. The summed E-state index contributed by atoms with van der Waals surface area (Å²) in [6.07, 6.45) is 0. The Morgan fingerprint density at radius 1 is 1.05 bits per heavy atom. The minimum Gasteiger partial charge on any atom is -0.496 e. The van der Waals surface area contributed by atoms with Crippen LogP contribution in [0.25, 0.3) is 0 Å².